The lowest BCUT2D eigenvalue weighted by Crippen LogP contribution is -2.02. The molecule has 0 bridgehead atoms. The minimum absolute atomic E-state index is 0.212. The van der Waals surface area contributed by atoms with Crippen LogP contribution in [-0.2, 0) is 6.61 Å². The Balaban J connectivity index is 1.81. The molecule has 1 N–H and O–H groups in total. The summed E-state index contributed by atoms with van der Waals surface area (Å²) < 4.78 is 17.8. The van der Waals surface area contributed by atoms with Gasteiger partial charge < -0.3 is 9.67 Å². The molecular weight excluding hydrogens is 319 g/mol. The van der Waals surface area contributed by atoms with Crippen LogP contribution in [0, 0.1) is 5.82 Å². The SMILES string of the molecule is OCc1cnn(-c2ccc(-n3ccnc3)cc2)c1-c1ccccc1F. The van der Waals surface area contributed by atoms with Gasteiger partial charge in [0.05, 0.1) is 30.5 Å². The van der Waals surface area contributed by atoms with E-state index >= 15 is 0 Å². The third-order valence-electron chi connectivity index (χ3n) is 4.04. The van der Waals surface area contributed by atoms with Crippen molar-refractivity contribution >= 4 is 0 Å². The van der Waals surface area contributed by atoms with Crippen molar-refractivity contribution in [1.82, 2.24) is 19.3 Å². The standard InChI is InChI=1S/C19H15FN4O/c20-18-4-2-1-3-17(18)19-14(12-25)11-22-24(19)16-7-5-15(6-8-16)23-10-9-21-13-23/h1-11,13,25H,12H2. The highest BCUT2D eigenvalue weighted by Crippen LogP contribution is 2.29. The first kappa shape index (κ1) is 15.3. The fourth-order valence-corrected chi connectivity index (χ4v) is 2.81. The monoisotopic (exact) mass is 334 g/mol. The molecule has 5 nitrogen and oxygen atoms in total. The topological polar surface area (TPSA) is 55.9 Å². The summed E-state index contributed by atoms with van der Waals surface area (Å²) in [4.78, 5) is 4.03. The number of aliphatic hydroxyl groups is 1. The summed E-state index contributed by atoms with van der Waals surface area (Å²) >= 11 is 0. The van der Waals surface area contributed by atoms with Gasteiger partial charge in [0.15, 0.2) is 0 Å². The molecule has 0 amide bonds. The minimum atomic E-state index is -0.353. The van der Waals surface area contributed by atoms with E-state index in [0.717, 1.165) is 11.4 Å². The molecule has 0 aliphatic rings. The van der Waals surface area contributed by atoms with Crippen LogP contribution >= 0.6 is 0 Å². The van der Waals surface area contributed by atoms with Gasteiger partial charge in [0.25, 0.3) is 0 Å². The van der Waals surface area contributed by atoms with E-state index in [2.05, 4.69) is 10.1 Å². The molecule has 0 aliphatic heterocycles. The summed E-state index contributed by atoms with van der Waals surface area (Å²) in [5.74, 6) is -0.353. The van der Waals surface area contributed by atoms with Gasteiger partial charge in [-0.3, -0.25) is 0 Å². The van der Waals surface area contributed by atoms with Gasteiger partial charge >= 0.3 is 0 Å². The second kappa shape index (κ2) is 6.33. The summed E-state index contributed by atoms with van der Waals surface area (Å²) in [6.45, 7) is -0.212. The Morgan fingerprint density at radius 2 is 1.76 bits per heavy atom. The van der Waals surface area contributed by atoms with Crippen molar-refractivity contribution in [2.24, 2.45) is 0 Å². The van der Waals surface area contributed by atoms with Crippen molar-refractivity contribution < 1.29 is 9.50 Å². The minimum Gasteiger partial charge on any atom is -0.392 e. The lowest BCUT2D eigenvalue weighted by Gasteiger charge is -2.11. The zero-order valence-electron chi connectivity index (χ0n) is 13.2. The molecule has 2 aromatic heterocycles. The van der Waals surface area contributed by atoms with Crippen molar-refractivity contribution in [3.63, 3.8) is 0 Å². The van der Waals surface area contributed by atoms with Crippen molar-refractivity contribution in [3.8, 4) is 22.6 Å². The summed E-state index contributed by atoms with van der Waals surface area (Å²) in [5, 5.41) is 14.0. The summed E-state index contributed by atoms with van der Waals surface area (Å²) in [7, 11) is 0. The van der Waals surface area contributed by atoms with E-state index in [1.165, 1.54) is 6.07 Å². The molecular formula is C19H15FN4O. The lowest BCUT2D eigenvalue weighted by molar-refractivity contribution is 0.282. The lowest BCUT2D eigenvalue weighted by atomic mass is 10.1. The number of hydrogen-bond acceptors (Lipinski definition) is 3. The Bertz CT molecular complexity index is 991. The Labute approximate surface area is 143 Å². The van der Waals surface area contributed by atoms with Crippen LogP contribution < -0.4 is 0 Å². The predicted molar refractivity (Wildman–Crippen MR) is 92.0 cm³/mol. The number of imidazole rings is 1. The number of rotatable bonds is 4. The van der Waals surface area contributed by atoms with E-state index in [1.807, 2.05) is 35.0 Å². The average molecular weight is 334 g/mol. The van der Waals surface area contributed by atoms with Crippen LogP contribution in [0.25, 0.3) is 22.6 Å². The summed E-state index contributed by atoms with van der Waals surface area (Å²) in [5.41, 5.74) is 3.27. The van der Waals surface area contributed by atoms with Crippen molar-refractivity contribution in [1.29, 1.82) is 0 Å². The first-order chi connectivity index (χ1) is 12.3. The molecule has 0 unspecified atom stereocenters. The average Bonchev–Trinajstić information content (AvgIpc) is 3.32. The van der Waals surface area contributed by atoms with E-state index in [4.69, 9.17) is 0 Å². The van der Waals surface area contributed by atoms with Crippen molar-refractivity contribution in [3.05, 3.63) is 84.8 Å². The molecule has 0 saturated carbocycles. The molecule has 0 spiro atoms. The van der Waals surface area contributed by atoms with Gasteiger partial charge in [-0.1, -0.05) is 12.1 Å². The zero-order chi connectivity index (χ0) is 17.2. The number of aliphatic hydroxyl groups excluding tert-OH is 1. The number of aromatic nitrogens is 4. The molecule has 6 heteroatoms. The normalized spacial score (nSPS) is 11.0. The Morgan fingerprint density at radius 1 is 1.00 bits per heavy atom. The van der Waals surface area contributed by atoms with Gasteiger partial charge in [-0.25, -0.2) is 14.1 Å². The summed E-state index contributed by atoms with van der Waals surface area (Å²) in [6.07, 6.45) is 6.85. The highest BCUT2D eigenvalue weighted by molar-refractivity contribution is 5.66. The van der Waals surface area contributed by atoms with Crippen LogP contribution in [0.3, 0.4) is 0 Å². The first-order valence-corrected chi connectivity index (χ1v) is 7.79. The maximum Gasteiger partial charge on any atom is 0.132 e. The number of benzene rings is 2. The Morgan fingerprint density at radius 3 is 2.44 bits per heavy atom. The van der Waals surface area contributed by atoms with Crippen LogP contribution in [0.1, 0.15) is 5.56 Å². The molecule has 25 heavy (non-hydrogen) atoms. The molecule has 0 fully saturated rings. The molecule has 2 heterocycles. The third-order valence-corrected chi connectivity index (χ3v) is 4.04. The highest BCUT2D eigenvalue weighted by atomic mass is 19.1. The Kier molecular flexibility index (Phi) is 3.87. The van der Waals surface area contributed by atoms with E-state index in [0.29, 0.717) is 16.8 Å². The van der Waals surface area contributed by atoms with E-state index in [-0.39, 0.29) is 12.4 Å². The first-order valence-electron chi connectivity index (χ1n) is 7.79. The van der Waals surface area contributed by atoms with Crippen LogP contribution in [0.5, 0.6) is 0 Å². The molecule has 4 aromatic rings. The van der Waals surface area contributed by atoms with E-state index < -0.39 is 0 Å². The van der Waals surface area contributed by atoms with Gasteiger partial charge in [0.2, 0.25) is 0 Å². The van der Waals surface area contributed by atoms with Gasteiger partial charge in [-0.15, -0.1) is 0 Å². The molecule has 124 valence electrons. The third kappa shape index (κ3) is 2.72. The second-order valence-corrected chi connectivity index (χ2v) is 5.55. The zero-order valence-corrected chi connectivity index (χ0v) is 13.2. The molecule has 4 rings (SSSR count). The van der Waals surface area contributed by atoms with Crippen LogP contribution in [0.15, 0.2) is 73.4 Å². The fourth-order valence-electron chi connectivity index (χ4n) is 2.81. The molecule has 0 radical (unpaired) electrons. The maximum absolute atomic E-state index is 14.3. The predicted octanol–water partition coefficient (Wildman–Crippen LogP) is 3.36. The largest absolute Gasteiger partial charge is 0.392 e. The van der Waals surface area contributed by atoms with Gasteiger partial charge in [0, 0.05) is 29.2 Å². The number of halogens is 1. The van der Waals surface area contributed by atoms with Gasteiger partial charge in [-0.05, 0) is 36.4 Å². The molecule has 0 atom stereocenters. The van der Waals surface area contributed by atoms with E-state index in [1.54, 1.807) is 41.6 Å². The second-order valence-electron chi connectivity index (χ2n) is 5.55. The molecule has 0 saturated heterocycles. The van der Waals surface area contributed by atoms with Crippen molar-refractivity contribution in [2.45, 2.75) is 6.61 Å². The van der Waals surface area contributed by atoms with Crippen LogP contribution in [-0.4, -0.2) is 24.4 Å². The Hall–Kier alpha value is -3.25. The van der Waals surface area contributed by atoms with Crippen molar-refractivity contribution in [2.75, 3.05) is 0 Å². The molecule has 0 aliphatic carbocycles. The highest BCUT2D eigenvalue weighted by Gasteiger charge is 2.17. The smallest absolute Gasteiger partial charge is 0.132 e. The maximum atomic E-state index is 14.3. The summed E-state index contributed by atoms with van der Waals surface area (Å²) in [6, 6.07) is 14.1. The molecule has 2 aromatic carbocycles. The quantitative estimate of drug-likeness (QED) is 0.623. The van der Waals surface area contributed by atoms with Crippen LogP contribution in [0.4, 0.5) is 4.39 Å². The van der Waals surface area contributed by atoms with Gasteiger partial charge in [0.1, 0.15) is 5.82 Å². The van der Waals surface area contributed by atoms with Gasteiger partial charge in [-0.2, -0.15) is 5.10 Å². The number of hydrogen-bond donors (Lipinski definition) is 1. The van der Waals surface area contributed by atoms with E-state index in [9.17, 15) is 9.50 Å². The fraction of sp³-hybridized carbons (Fsp3) is 0.0526. The van der Waals surface area contributed by atoms with Crippen LogP contribution in [0.2, 0.25) is 0 Å². The number of nitrogens with zero attached hydrogens (tertiary/aromatic N) is 4.